The van der Waals surface area contributed by atoms with E-state index in [1.54, 1.807) is 25.1 Å². The molecule has 2 aliphatic rings. The molecule has 26 heavy (non-hydrogen) atoms. The SMILES string of the molecule is Cc1nc2cc(C(=O)N3CCN(C(=O)C4CCCCC4)CC3)ccc2o1. The quantitative estimate of drug-likeness (QED) is 0.830. The molecule has 6 nitrogen and oxygen atoms in total. The van der Waals surface area contributed by atoms with Gasteiger partial charge >= 0.3 is 0 Å². The van der Waals surface area contributed by atoms with E-state index in [1.807, 2.05) is 9.80 Å². The van der Waals surface area contributed by atoms with Crippen LogP contribution in [0, 0.1) is 12.8 Å². The lowest BCUT2D eigenvalue weighted by molar-refractivity contribution is -0.138. The molecule has 1 aromatic carbocycles. The summed E-state index contributed by atoms with van der Waals surface area (Å²) in [6.07, 6.45) is 5.63. The largest absolute Gasteiger partial charge is 0.441 e. The Morgan fingerprint density at radius 1 is 1.04 bits per heavy atom. The molecular weight excluding hydrogens is 330 g/mol. The van der Waals surface area contributed by atoms with E-state index in [4.69, 9.17) is 4.42 Å². The number of aryl methyl sites for hydroxylation is 1. The summed E-state index contributed by atoms with van der Waals surface area (Å²) in [6, 6.07) is 5.37. The number of oxazole rings is 1. The Bertz CT molecular complexity index is 815. The predicted molar refractivity (Wildman–Crippen MR) is 97.8 cm³/mol. The Labute approximate surface area is 153 Å². The summed E-state index contributed by atoms with van der Waals surface area (Å²) in [5.74, 6) is 1.08. The number of piperazine rings is 1. The molecule has 1 aliphatic carbocycles. The second-order valence-electron chi connectivity index (χ2n) is 7.37. The second-order valence-corrected chi connectivity index (χ2v) is 7.37. The maximum Gasteiger partial charge on any atom is 0.254 e. The zero-order valence-electron chi connectivity index (χ0n) is 15.2. The molecule has 2 amide bonds. The van der Waals surface area contributed by atoms with Gasteiger partial charge in [0, 0.05) is 44.6 Å². The van der Waals surface area contributed by atoms with Gasteiger partial charge < -0.3 is 14.2 Å². The first kappa shape index (κ1) is 17.1. The van der Waals surface area contributed by atoms with E-state index in [9.17, 15) is 9.59 Å². The molecule has 0 spiro atoms. The molecule has 1 saturated carbocycles. The van der Waals surface area contributed by atoms with Crippen molar-refractivity contribution in [1.82, 2.24) is 14.8 Å². The van der Waals surface area contributed by atoms with Crippen LogP contribution < -0.4 is 0 Å². The number of rotatable bonds is 2. The molecule has 1 aliphatic heterocycles. The fourth-order valence-corrected chi connectivity index (χ4v) is 4.10. The van der Waals surface area contributed by atoms with Gasteiger partial charge in [0.2, 0.25) is 5.91 Å². The second kappa shape index (κ2) is 7.09. The average Bonchev–Trinajstić information content (AvgIpc) is 3.07. The van der Waals surface area contributed by atoms with Gasteiger partial charge in [0.05, 0.1) is 0 Å². The zero-order chi connectivity index (χ0) is 18.1. The average molecular weight is 355 g/mol. The van der Waals surface area contributed by atoms with Gasteiger partial charge in [0.25, 0.3) is 5.91 Å². The van der Waals surface area contributed by atoms with Crippen molar-refractivity contribution in [3.63, 3.8) is 0 Å². The number of aromatic nitrogens is 1. The molecule has 2 fully saturated rings. The van der Waals surface area contributed by atoms with Crippen LogP contribution in [-0.2, 0) is 4.79 Å². The third-order valence-electron chi connectivity index (χ3n) is 5.57. The maximum absolute atomic E-state index is 12.8. The highest BCUT2D eigenvalue weighted by molar-refractivity contribution is 5.97. The van der Waals surface area contributed by atoms with Crippen LogP contribution >= 0.6 is 0 Å². The molecule has 2 aromatic rings. The normalized spacial score (nSPS) is 19.1. The minimum atomic E-state index is -0.00248. The molecule has 2 heterocycles. The van der Waals surface area contributed by atoms with Crippen molar-refractivity contribution < 1.29 is 14.0 Å². The number of hydrogen-bond acceptors (Lipinski definition) is 4. The van der Waals surface area contributed by atoms with E-state index in [0.717, 1.165) is 12.8 Å². The molecule has 6 heteroatoms. The van der Waals surface area contributed by atoms with Gasteiger partial charge in [0.15, 0.2) is 11.5 Å². The summed E-state index contributed by atoms with van der Waals surface area (Å²) in [7, 11) is 0. The molecule has 1 saturated heterocycles. The van der Waals surface area contributed by atoms with E-state index in [0.29, 0.717) is 48.7 Å². The molecule has 0 atom stereocenters. The van der Waals surface area contributed by atoms with Crippen molar-refractivity contribution in [3.8, 4) is 0 Å². The van der Waals surface area contributed by atoms with E-state index in [1.165, 1.54) is 19.3 Å². The monoisotopic (exact) mass is 355 g/mol. The van der Waals surface area contributed by atoms with Gasteiger partial charge in [-0.25, -0.2) is 4.98 Å². The van der Waals surface area contributed by atoms with Crippen molar-refractivity contribution in [2.75, 3.05) is 26.2 Å². The molecule has 4 rings (SSSR count). The summed E-state index contributed by atoms with van der Waals surface area (Å²) in [4.78, 5) is 33.5. The molecule has 0 unspecified atom stereocenters. The van der Waals surface area contributed by atoms with E-state index >= 15 is 0 Å². The van der Waals surface area contributed by atoms with Crippen molar-refractivity contribution in [1.29, 1.82) is 0 Å². The zero-order valence-corrected chi connectivity index (χ0v) is 15.2. The van der Waals surface area contributed by atoms with Gasteiger partial charge in [-0.05, 0) is 31.0 Å². The van der Waals surface area contributed by atoms with Crippen LogP contribution in [0.15, 0.2) is 22.6 Å². The van der Waals surface area contributed by atoms with Gasteiger partial charge in [-0.3, -0.25) is 9.59 Å². The lowest BCUT2D eigenvalue weighted by atomic mass is 9.88. The summed E-state index contributed by atoms with van der Waals surface area (Å²) < 4.78 is 5.47. The van der Waals surface area contributed by atoms with Crippen molar-refractivity contribution in [2.45, 2.75) is 39.0 Å². The van der Waals surface area contributed by atoms with Crippen LogP contribution in [0.3, 0.4) is 0 Å². The molecule has 138 valence electrons. The summed E-state index contributed by atoms with van der Waals surface area (Å²) in [5, 5.41) is 0. The highest BCUT2D eigenvalue weighted by atomic mass is 16.3. The number of fused-ring (bicyclic) bond motifs is 1. The Kier molecular flexibility index (Phi) is 4.66. The number of nitrogens with zero attached hydrogens (tertiary/aromatic N) is 3. The molecule has 0 bridgehead atoms. The highest BCUT2D eigenvalue weighted by Gasteiger charge is 2.30. The maximum atomic E-state index is 12.8. The van der Waals surface area contributed by atoms with Crippen LogP contribution in [-0.4, -0.2) is 52.8 Å². The number of carbonyl (C=O) groups is 2. The molecular formula is C20H25N3O3. The molecule has 0 N–H and O–H groups in total. The van der Waals surface area contributed by atoms with E-state index < -0.39 is 0 Å². The highest BCUT2D eigenvalue weighted by Crippen LogP contribution is 2.26. The van der Waals surface area contributed by atoms with Gasteiger partial charge in [-0.2, -0.15) is 0 Å². The smallest absolute Gasteiger partial charge is 0.254 e. The van der Waals surface area contributed by atoms with Gasteiger partial charge in [-0.1, -0.05) is 19.3 Å². The Hall–Kier alpha value is -2.37. The third kappa shape index (κ3) is 3.32. The standard InChI is InChI=1S/C20H25N3O3/c1-14-21-17-13-16(7-8-18(17)26-14)20(25)23-11-9-22(10-12-23)19(24)15-5-3-2-4-6-15/h7-8,13,15H,2-6,9-12H2,1H3. The Morgan fingerprint density at radius 3 is 2.46 bits per heavy atom. The fourth-order valence-electron chi connectivity index (χ4n) is 4.10. The van der Waals surface area contributed by atoms with Gasteiger partial charge in [-0.15, -0.1) is 0 Å². The predicted octanol–water partition coefficient (Wildman–Crippen LogP) is 3.00. The van der Waals surface area contributed by atoms with Crippen LogP contribution in [0.5, 0.6) is 0 Å². The summed E-state index contributed by atoms with van der Waals surface area (Å²) in [6.45, 7) is 4.24. The van der Waals surface area contributed by atoms with Gasteiger partial charge in [0.1, 0.15) is 5.52 Å². The van der Waals surface area contributed by atoms with Crippen molar-refractivity contribution in [2.24, 2.45) is 5.92 Å². The number of benzene rings is 1. The number of carbonyl (C=O) groups excluding carboxylic acids is 2. The summed E-state index contributed by atoms with van der Waals surface area (Å²) >= 11 is 0. The minimum Gasteiger partial charge on any atom is -0.441 e. The van der Waals surface area contributed by atoms with Crippen LogP contribution in [0.25, 0.3) is 11.1 Å². The van der Waals surface area contributed by atoms with Crippen LogP contribution in [0.2, 0.25) is 0 Å². The van der Waals surface area contributed by atoms with Crippen LogP contribution in [0.4, 0.5) is 0 Å². The number of hydrogen-bond donors (Lipinski definition) is 0. The lowest BCUT2D eigenvalue weighted by Gasteiger charge is -2.37. The van der Waals surface area contributed by atoms with E-state index in [-0.39, 0.29) is 17.7 Å². The first-order valence-corrected chi connectivity index (χ1v) is 9.57. The molecule has 0 radical (unpaired) electrons. The third-order valence-corrected chi connectivity index (χ3v) is 5.57. The minimum absolute atomic E-state index is 0.00248. The van der Waals surface area contributed by atoms with E-state index in [2.05, 4.69) is 4.98 Å². The molecule has 1 aromatic heterocycles. The topological polar surface area (TPSA) is 66.7 Å². The van der Waals surface area contributed by atoms with Crippen molar-refractivity contribution in [3.05, 3.63) is 29.7 Å². The lowest BCUT2D eigenvalue weighted by Crippen LogP contribution is -2.52. The first-order valence-electron chi connectivity index (χ1n) is 9.57. The van der Waals surface area contributed by atoms with Crippen LogP contribution in [0.1, 0.15) is 48.4 Å². The Morgan fingerprint density at radius 2 is 1.73 bits per heavy atom. The first-order chi connectivity index (χ1) is 12.6. The van der Waals surface area contributed by atoms with Crippen molar-refractivity contribution >= 4 is 22.9 Å². The fraction of sp³-hybridized carbons (Fsp3) is 0.550. The summed E-state index contributed by atoms with van der Waals surface area (Å²) in [5.41, 5.74) is 2.03. The Balaban J connectivity index is 1.38. The number of amides is 2.